The first-order chi connectivity index (χ1) is 9.94. The van der Waals surface area contributed by atoms with Crippen molar-refractivity contribution in [3.8, 4) is 0 Å². The minimum atomic E-state index is -3.77. The van der Waals surface area contributed by atoms with E-state index in [0.29, 0.717) is 18.5 Å². The second-order valence-corrected chi connectivity index (χ2v) is 7.57. The van der Waals surface area contributed by atoms with E-state index in [1.54, 1.807) is 0 Å². The molecule has 0 radical (unpaired) electrons. The van der Waals surface area contributed by atoms with Crippen molar-refractivity contribution in [3.63, 3.8) is 0 Å². The molecule has 0 amide bonds. The molecule has 21 heavy (non-hydrogen) atoms. The van der Waals surface area contributed by atoms with Gasteiger partial charge in [0.05, 0.1) is 5.75 Å². The summed E-state index contributed by atoms with van der Waals surface area (Å²) in [7, 11) is -3.77. The van der Waals surface area contributed by atoms with E-state index < -0.39 is 26.4 Å². The second-order valence-electron chi connectivity index (χ2n) is 5.56. The molecule has 1 aliphatic rings. The molecule has 2 rings (SSSR count). The Morgan fingerprint density at radius 2 is 1.95 bits per heavy atom. The third kappa shape index (κ3) is 4.01. The zero-order chi connectivity index (χ0) is 15.5. The van der Waals surface area contributed by atoms with E-state index in [1.165, 1.54) is 0 Å². The second kappa shape index (κ2) is 6.83. The first-order valence-electron chi connectivity index (χ1n) is 7.35. The van der Waals surface area contributed by atoms with Gasteiger partial charge in [-0.25, -0.2) is 17.2 Å². The Kier molecular flexibility index (Phi) is 5.32. The molecule has 0 heterocycles. The molecule has 0 saturated heterocycles. The van der Waals surface area contributed by atoms with Crippen LogP contribution in [0.2, 0.25) is 0 Å². The van der Waals surface area contributed by atoms with Crippen LogP contribution in [-0.4, -0.2) is 26.8 Å². The first kappa shape index (κ1) is 16.4. The maximum Gasteiger partial charge on any atom is 0.182 e. The molecule has 1 atom stereocenters. The predicted octanol–water partition coefficient (Wildman–Crippen LogP) is 2.91. The summed E-state index contributed by atoms with van der Waals surface area (Å²) < 4.78 is 51.4. The highest BCUT2D eigenvalue weighted by Gasteiger charge is 2.30. The Morgan fingerprint density at radius 1 is 1.29 bits per heavy atom. The molecule has 1 unspecified atom stereocenters. The van der Waals surface area contributed by atoms with Crippen LogP contribution in [-0.2, 0) is 9.84 Å². The van der Waals surface area contributed by atoms with Crippen LogP contribution in [0.3, 0.4) is 0 Å². The smallest absolute Gasteiger partial charge is 0.182 e. The lowest BCUT2D eigenvalue weighted by Crippen LogP contribution is -2.41. The van der Waals surface area contributed by atoms with Gasteiger partial charge in [-0.15, -0.1) is 0 Å². The highest BCUT2D eigenvalue weighted by Crippen LogP contribution is 2.29. The Bertz CT molecular complexity index is 583. The molecule has 3 nitrogen and oxygen atoms in total. The molecule has 1 aromatic rings. The Labute approximate surface area is 124 Å². The fraction of sp³-hybridized carbons (Fsp3) is 0.600. The third-order valence-corrected chi connectivity index (χ3v) is 5.86. The summed E-state index contributed by atoms with van der Waals surface area (Å²) >= 11 is 0. The van der Waals surface area contributed by atoms with Gasteiger partial charge in [-0.1, -0.05) is 19.8 Å². The monoisotopic (exact) mass is 317 g/mol. The fourth-order valence-corrected chi connectivity index (χ4v) is 4.71. The van der Waals surface area contributed by atoms with Crippen LogP contribution >= 0.6 is 0 Å². The Morgan fingerprint density at radius 3 is 2.52 bits per heavy atom. The normalized spacial score (nSPS) is 18.0. The van der Waals surface area contributed by atoms with Crippen LogP contribution in [0, 0.1) is 17.6 Å². The van der Waals surface area contributed by atoms with Gasteiger partial charge in [0.1, 0.15) is 16.5 Å². The average Bonchev–Trinajstić information content (AvgIpc) is 2.91. The van der Waals surface area contributed by atoms with Gasteiger partial charge in [0.15, 0.2) is 9.84 Å². The summed E-state index contributed by atoms with van der Waals surface area (Å²) in [6.45, 7) is 2.59. The van der Waals surface area contributed by atoms with Crippen molar-refractivity contribution in [3.05, 3.63) is 29.8 Å². The zero-order valence-corrected chi connectivity index (χ0v) is 12.9. The minimum absolute atomic E-state index is 0.145. The summed E-state index contributed by atoms with van der Waals surface area (Å²) in [4.78, 5) is -0.412. The van der Waals surface area contributed by atoms with Crippen molar-refractivity contribution in [2.75, 3.05) is 12.3 Å². The highest BCUT2D eigenvalue weighted by molar-refractivity contribution is 7.91. The SMILES string of the molecule is CCNC(CS(=O)(=O)c1ccc(F)cc1F)C1CCCC1. The summed E-state index contributed by atoms with van der Waals surface area (Å²) in [5.74, 6) is -1.63. The van der Waals surface area contributed by atoms with Gasteiger partial charge < -0.3 is 5.32 Å². The molecule has 0 aliphatic heterocycles. The molecular formula is C15H21F2NO2S. The molecule has 0 spiro atoms. The van der Waals surface area contributed by atoms with Gasteiger partial charge >= 0.3 is 0 Å². The van der Waals surface area contributed by atoms with E-state index in [-0.39, 0.29) is 11.8 Å². The van der Waals surface area contributed by atoms with Crippen molar-refractivity contribution in [2.24, 2.45) is 5.92 Å². The van der Waals surface area contributed by atoms with Crippen LogP contribution in [0.4, 0.5) is 8.78 Å². The first-order valence-corrected chi connectivity index (χ1v) is 9.00. The molecule has 118 valence electrons. The fourth-order valence-electron chi connectivity index (χ4n) is 3.04. The highest BCUT2D eigenvalue weighted by atomic mass is 32.2. The van der Waals surface area contributed by atoms with Crippen molar-refractivity contribution in [2.45, 2.75) is 43.5 Å². The molecule has 0 bridgehead atoms. The minimum Gasteiger partial charge on any atom is -0.313 e. The number of nitrogens with one attached hydrogen (secondary N) is 1. The van der Waals surface area contributed by atoms with Crippen molar-refractivity contribution in [1.82, 2.24) is 5.32 Å². The molecule has 1 saturated carbocycles. The summed E-state index contributed by atoms with van der Waals surface area (Å²) in [6, 6.07) is 2.43. The number of sulfone groups is 1. The van der Waals surface area contributed by atoms with Crippen molar-refractivity contribution >= 4 is 9.84 Å². The van der Waals surface area contributed by atoms with E-state index in [0.717, 1.165) is 37.8 Å². The molecule has 1 aromatic carbocycles. The maximum atomic E-state index is 13.7. The van der Waals surface area contributed by atoms with Crippen molar-refractivity contribution in [1.29, 1.82) is 0 Å². The van der Waals surface area contributed by atoms with Gasteiger partial charge in [0.2, 0.25) is 0 Å². The summed E-state index contributed by atoms with van der Waals surface area (Å²) in [6.07, 6.45) is 4.22. The maximum absolute atomic E-state index is 13.7. The number of rotatable bonds is 6. The van der Waals surface area contributed by atoms with Gasteiger partial charge in [0, 0.05) is 12.1 Å². The van der Waals surface area contributed by atoms with Crippen LogP contribution in [0.5, 0.6) is 0 Å². The lowest BCUT2D eigenvalue weighted by Gasteiger charge is -2.24. The zero-order valence-electron chi connectivity index (χ0n) is 12.1. The van der Waals surface area contributed by atoms with Gasteiger partial charge in [-0.05, 0) is 37.4 Å². The van der Waals surface area contributed by atoms with Crippen LogP contribution < -0.4 is 5.32 Å². The largest absolute Gasteiger partial charge is 0.313 e. The summed E-state index contributed by atoms with van der Waals surface area (Å²) in [5.41, 5.74) is 0. The quantitative estimate of drug-likeness (QED) is 0.821. The van der Waals surface area contributed by atoms with Crippen LogP contribution in [0.1, 0.15) is 32.6 Å². The van der Waals surface area contributed by atoms with E-state index in [2.05, 4.69) is 5.32 Å². The number of benzene rings is 1. The van der Waals surface area contributed by atoms with Crippen LogP contribution in [0.15, 0.2) is 23.1 Å². The van der Waals surface area contributed by atoms with E-state index >= 15 is 0 Å². The molecule has 6 heteroatoms. The molecule has 1 fully saturated rings. The number of hydrogen-bond acceptors (Lipinski definition) is 3. The van der Waals surface area contributed by atoms with E-state index in [4.69, 9.17) is 0 Å². The average molecular weight is 317 g/mol. The van der Waals surface area contributed by atoms with Crippen LogP contribution in [0.25, 0.3) is 0 Å². The molecule has 1 N–H and O–H groups in total. The lowest BCUT2D eigenvalue weighted by atomic mass is 10.00. The Balaban J connectivity index is 2.21. The summed E-state index contributed by atoms with van der Waals surface area (Å²) in [5, 5.41) is 3.21. The number of hydrogen-bond donors (Lipinski definition) is 1. The molecular weight excluding hydrogens is 296 g/mol. The Hall–Kier alpha value is -1.01. The van der Waals surface area contributed by atoms with E-state index in [1.807, 2.05) is 6.92 Å². The predicted molar refractivity (Wildman–Crippen MR) is 77.8 cm³/mol. The standard InChI is InChI=1S/C15H21F2NO2S/c1-2-18-14(11-5-3-4-6-11)10-21(19,20)15-8-7-12(16)9-13(15)17/h7-9,11,14,18H,2-6,10H2,1H3. The van der Waals surface area contributed by atoms with Gasteiger partial charge in [-0.2, -0.15) is 0 Å². The molecule has 0 aromatic heterocycles. The number of halogens is 2. The van der Waals surface area contributed by atoms with Gasteiger partial charge in [-0.3, -0.25) is 0 Å². The lowest BCUT2D eigenvalue weighted by molar-refractivity contribution is 0.388. The topological polar surface area (TPSA) is 46.2 Å². The molecule has 1 aliphatic carbocycles. The van der Waals surface area contributed by atoms with Gasteiger partial charge in [0.25, 0.3) is 0 Å². The van der Waals surface area contributed by atoms with Crippen molar-refractivity contribution < 1.29 is 17.2 Å². The third-order valence-electron chi connectivity index (χ3n) is 4.06. The van der Waals surface area contributed by atoms with E-state index in [9.17, 15) is 17.2 Å².